The molecule has 3 rings (SSSR count). The minimum atomic E-state index is 0.252. The molecule has 0 saturated carbocycles. The number of phenolic OH excluding ortho intramolecular Hbond substituents is 1. The third-order valence-electron chi connectivity index (χ3n) is 3.84. The van der Waals surface area contributed by atoms with Crippen LogP contribution in [0, 0.1) is 6.92 Å². The maximum atomic E-state index is 10.2. The topological polar surface area (TPSA) is 34.4 Å². The molecule has 1 N–H and O–H groups in total. The first-order valence-electron chi connectivity index (χ1n) is 7.57. The summed E-state index contributed by atoms with van der Waals surface area (Å²) >= 11 is 0. The van der Waals surface area contributed by atoms with Crippen LogP contribution >= 0.6 is 0 Å². The highest BCUT2D eigenvalue weighted by Crippen LogP contribution is 2.31. The van der Waals surface area contributed by atoms with Crippen LogP contribution in [0.4, 0.5) is 0 Å². The standard InChI is InChI=1S/C19H21NO2/c1-13(2)20-16(11-15-5-4-6-18(21)19(15)20)12-22-17-9-7-14(3)8-10-17/h4-11,13,21H,12H2,1-3H3. The Balaban J connectivity index is 1.94. The van der Waals surface area contributed by atoms with Gasteiger partial charge in [0, 0.05) is 11.4 Å². The normalized spacial score (nSPS) is 11.3. The molecule has 2 aromatic carbocycles. The fourth-order valence-electron chi connectivity index (χ4n) is 2.81. The molecule has 0 aliphatic rings. The van der Waals surface area contributed by atoms with Gasteiger partial charge in [-0.3, -0.25) is 0 Å². The quantitative estimate of drug-likeness (QED) is 0.749. The third-order valence-corrected chi connectivity index (χ3v) is 3.84. The maximum absolute atomic E-state index is 10.2. The molecule has 0 spiro atoms. The van der Waals surface area contributed by atoms with Crippen molar-refractivity contribution in [1.29, 1.82) is 0 Å². The van der Waals surface area contributed by atoms with Gasteiger partial charge >= 0.3 is 0 Å². The molecule has 3 nitrogen and oxygen atoms in total. The van der Waals surface area contributed by atoms with Crippen molar-refractivity contribution in [2.75, 3.05) is 0 Å². The molecule has 0 fully saturated rings. The first-order valence-corrected chi connectivity index (χ1v) is 7.57. The van der Waals surface area contributed by atoms with E-state index in [1.54, 1.807) is 6.07 Å². The minimum Gasteiger partial charge on any atom is -0.506 e. The van der Waals surface area contributed by atoms with Crippen LogP contribution in [0.3, 0.4) is 0 Å². The molecule has 3 aromatic rings. The number of phenols is 1. The Morgan fingerprint density at radius 3 is 2.50 bits per heavy atom. The number of fused-ring (bicyclic) bond motifs is 1. The van der Waals surface area contributed by atoms with Crippen molar-refractivity contribution in [3.8, 4) is 11.5 Å². The Hall–Kier alpha value is -2.42. The molecule has 0 saturated heterocycles. The van der Waals surface area contributed by atoms with E-state index in [1.807, 2.05) is 36.4 Å². The van der Waals surface area contributed by atoms with E-state index in [0.717, 1.165) is 22.3 Å². The summed E-state index contributed by atoms with van der Waals surface area (Å²) in [7, 11) is 0. The third kappa shape index (κ3) is 2.67. The molecular formula is C19H21NO2. The minimum absolute atomic E-state index is 0.252. The first kappa shape index (κ1) is 14.5. The molecule has 0 atom stereocenters. The molecule has 1 heterocycles. The van der Waals surface area contributed by atoms with E-state index >= 15 is 0 Å². The molecule has 3 heteroatoms. The van der Waals surface area contributed by atoms with Crippen molar-refractivity contribution in [3.05, 3.63) is 59.8 Å². The number of aryl methyl sites for hydroxylation is 1. The second kappa shape index (κ2) is 5.76. The number of ether oxygens (including phenoxy) is 1. The van der Waals surface area contributed by atoms with Crippen molar-refractivity contribution in [2.24, 2.45) is 0 Å². The van der Waals surface area contributed by atoms with Crippen LogP contribution in [-0.4, -0.2) is 9.67 Å². The van der Waals surface area contributed by atoms with Crippen molar-refractivity contribution < 1.29 is 9.84 Å². The number of nitrogens with zero attached hydrogens (tertiary/aromatic N) is 1. The predicted molar refractivity (Wildman–Crippen MR) is 89.5 cm³/mol. The smallest absolute Gasteiger partial charge is 0.139 e. The van der Waals surface area contributed by atoms with Crippen LogP contribution in [0.15, 0.2) is 48.5 Å². The van der Waals surface area contributed by atoms with Crippen molar-refractivity contribution in [1.82, 2.24) is 4.57 Å². The lowest BCUT2D eigenvalue weighted by atomic mass is 10.2. The summed E-state index contributed by atoms with van der Waals surface area (Å²) in [5.74, 6) is 1.17. The van der Waals surface area contributed by atoms with Crippen LogP contribution in [0.25, 0.3) is 10.9 Å². The molecular weight excluding hydrogens is 274 g/mol. The highest BCUT2D eigenvalue weighted by molar-refractivity contribution is 5.86. The lowest BCUT2D eigenvalue weighted by Crippen LogP contribution is -2.08. The van der Waals surface area contributed by atoms with E-state index in [4.69, 9.17) is 4.74 Å². The number of hydrogen-bond acceptors (Lipinski definition) is 2. The van der Waals surface area contributed by atoms with Gasteiger partial charge in [0.05, 0.1) is 11.2 Å². The fourth-order valence-corrected chi connectivity index (χ4v) is 2.81. The number of benzene rings is 2. The van der Waals surface area contributed by atoms with Gasteiger partial charge in [0.1, 0.15) is 18.1 Å². The second-order valence-electron chi connectivity index (χ2n) is 5.92. The Labute approximate surface area is 130 Å². The Bertz CT molecular complexity index is 785. The molecule has 0 aliphatic carbocycles. The average Bonchev–Trinajstić information content (AvgIpc) is 2.87. The molecule has 114 valence electrons. The Kier molecular flexibility index (Phi) is 3.80. The summed E-state index contributed by atoms with van der Waals surface area (Å²) in [4.78, 5) is 0. The summed E-state index contributed by atoms with van der Waals surface area (Å²) in [5, 5.41) is 11.2. The predicted octanol–water partition coefficient (Wildman–Crippen LogP) is 4.82. The van der Waals surface area contributed by atoms with Crippen molar-refractivity contribution >= 4 is 10.9 Å². The zero-order valence-corrected chi connectivity index (χ0v) is 13.2. The fraction of sp³-hybridized carbons (Fsp3) is 0.263. The number of rotatable bonds is 4. The van der Waals surface area contributed by atoms with Gasteiger partial charge in [-0.15, -0.1) is 0 Å². The summed E-state index contributed by atoms with van der Waals surface area (Å²) in [6.07, 6.45) is 0. The Morgan fingerprint density at radius 1 is 1.09 bits per heavy atom. The van der Waals surface area contributed by atoms with Gasteiger partial charge in [-0.05, 0) is 45.0 Å². The van der Waals surface area contributed by atoms with E-state index in [9.17, 15) is 5.11 Å². The van der Waals surface area contributed by atoms with Gasteiger partial charge < -0.3 is 14.4 Å². The van der Waals surface area contributed by atoms with Crippen molar-refractivity contribution in [2.45, 2.75) is 33.4 Å². The first-order chi connectivity index (χ1) is 10.6. The average molecular weight is 295 g/mol. The van der Waals surface area contributed by atoms with Crippen LogP contribution in [0.1, 0.15) is 31.1 Å². The van der Waals surface area contributed by atoms with E-state index in [-0.39, 0.29) is 6.04 Å². The number of hydrogen-bond donors (Lipinski definition) is 1. The molecule has 0 radical (unpaired) electrons. The summed E-state index contributed by atoms with van der Waals surface area (Å²) in [5.41, 5.74) is 3.15. The molecule has 0 amide bonds. The number of para-hydroxylation sites is 1. The number of aromatic nitrogens is 1. The highest BCUT2D eigenvalue weighted by Gasteiger charge is 2.14. The van der Waals surface area contributed by atoms with Gasteiger partial charge in [0.2, 0.25) is 0 Å². The summed E-state index contributed by atoms with van der Waals surface area (Å²) < 4.78 is 8.04. The SMILES string of the molecule is Cc1ccc(OCc2cc3cccc(O)c3n2C(C)C)cc1. The zero-order chi connectivity index (χ0) is 15.7. The summed E-state index contributed by atoms with van der Waals surface area (Å²) in [6, 6.07) is 16.0. The molecule has 22 heavy (non-hydrogen) atoms. The van der Waals surface area contributed by atoms with Crippen LogP contribution in [-0.2, 0) is 6.61 Å². The highest BCUT2D eigenvalue weighted by atomic mass is 16.5. The molecule has 0 aliphatic heterocycles. The van der Waals surface area contributed by atoms with E-state index in [2.05, 4.69) is 31.4 Å². The maximum Gasteiger partial charge on any atom is 0.139 e. The Morgan fingerprint density at radius 2 is 1.82 bits per heavy atom. The van der Waals surface area contributed by atoms with Crippen LogP contribution < -0.4 is 4.74 Å². The van der Waals surface area contributed by atoms with Gasteiger partial charge in [-0.1, -0.05) is 29.8 Å². The lowest BCUT2D eigenvalue weighted by Gasteiger charge is -2.16. The van der Waals surface area contributed by atoms with E-state index in [0.29, 0.717) is 12.4 Å². The van der Waals surface area contributed by atoms with Crippen LogP contribution in [0.5, 0.6) is 11.5 Å². The second-order valence-corrected chi connectivity index (χ2v) is 5.92. The summed E-state index contributed by atoms with van der Waals surface area (Å²) in [6.45, 7) is 6.76. The van der Waals surface area contributed by atoms with Gasteiger partial charge in [-0.2, -0.15) is 0 Å². The largest absolute Gasteiger partial charge is 0.506 e. The molecule has 0 unspecified atom stereocenters. The van der Waals surface area contributed by atoms with Crippen LogP contribution in [0.2, 0.25) is 0 Å². The lowest BCUT2D eigenvalue weighted by molar-refractivity contribution is 0.293. The van der Waals surface area contributed by atoms with Crippen molar-refractivity contribution in [3.63, 3.8) is 0 Å². The van der Waals surface area contributed by atoms with E-state index in [1.165, 1.54) is 5.56 Å². The monoisotopic (exact) mass is 295 g/mol. The molecule has 1 aromatic heterocycles. The zero-order valence-electron chi connectivity index (χ0n) is 13.2. The van der Waals surface area contributed by atoms with Gasteiger partial charge in [0.25, 0.3) is 0 Å². The van der Waals surface area contributed by atoms with E-state index < -0.39 is 0 Å². The number of aromatic hydroxyl groups is 1. The molecule has 0 bridgehead atoms. The van der Waals surface area contributed by atoms with Gasteiger partial charge in [-0.25, -0.2) is 0 Å². The van der Waals surface area contributed by atoms with Gasteiger partial charge in [0.15, 0.2) is 0 Å².